The third-order valence-corrected chi connectivity index (χ3v) is 9.68. The number of aromatic hydroxyl groups is 1. The first-order chi connectivity index (χ1) is 18.6. The van der Waals surface area contributed by atoms with Gasteiger partial charge in [0.2, 0.25) is 0 Å². The van der Waals surface area contributed by atoms with Gasteiger partial charge in [-0.3, -0.25) is 0 Å². The second-order valence-electron chi connectivity index (χ2n) is 13.2. The third kappa shape index (κ3) is 4.70. The first kappa shape index (κ1) is 28.3. The number of rotatable bonds is 1. The summed E-state index contributed by atoms with van der Waals surface area (Å²) >= 11 is 0. The lowest BCUT2D eigenvalue weighted by Crippen LogP contribution is -2.58. The summed E-state index contributed by atoms with van der Waals surface area (Å²) in [4.78, 5) is 24.2. The molecule has 0 aromatic heterocycles. The SMILES string of the molecule is CC1=CC(=O)O[C@]12C[C@H]1C[C@H](O)[C@@]3(C)Oc4cc(O)cc(C)c4C[C@H]3CC(C)(C)/C=C/C[C@]1(C)O/C2=C\C(=O)O. The number of aliphatic hydroxyl groups is 1. The predicted molar refractivity (Wildman–Crippen MR) is 148 cm³/mol. The number of carboxylic acids is 1. The number of phenols is 1. The number of esters is 1. The van der Waals surface area contributed by atoms with Gasteiger partial charge < -0.3 is 29.5 Å². The van der Waals surface area contributed by atoms with Crippen molar-refractivity contribution in [3.05, 3.63) is 58.9 Å². The van der Waals surface area contributed by atoms with E-state index in [9.17, 15) is 24.9 Å². The van der Waals surface area contributed by atoms with Crippen LogP contribution in [-0.4, -0.2) is 50.2 Å². The van der Waals surface area contributed by atoms with Gasteiger partial charge in [-0.25, -0.2) is 9.59 Å². The molecule has 5 rings (SSSR count). The van der Waals surface area contributed by atoms with Crippen LogP contribution in [0.5, 0.6) is 11.5 Å². The van der Waals surface area contributed by atoms with Gasteiger partial charge in [0, 0.05) is 36.8 Å². The van der Waals surface area contributed by atoms with Gasteiger partial charge in [-0.05, 0) is 75.1 Å². The number of carbonyl (C=O) groups excluding carboxylic acids is 1. The smallest absolute Gasteiger partial charge is 0.332 e. The van der Waals surface area contributed by atoms with Crippen LogP contribution in [0.4, 0.5) is 0 Å². The van der Waals surface area contributed by atoms with E-state index in [1.54, 1.807) is 19.1 Å². The standard InChI is InChI=1S/C32H40O8/c1-18-10-22(33)14-24-23(18)12-21-16-29(3,4)8-7-9-30(5)20(13-25(34)31(21,6)38-24)17-32(19(2)11-28(37)40-32)26(39-30)15-27(35)36/h7-8,10-11,14-15,20-21,25,33-34H,9,12-13,16-17H2,1-6H3,(H,35,36)/b8-7+,26-15-/t20-,21+,25+,30+,31+,32-/m1/s1. The van der Waals surface area contributed by atoms with Crippen molar-refractivity contribution in [1.29, 1.82) is 0 Å². The van der Waals surface area contributed by atoms with E-state index in [4.69, 9.17) is 14.2 Å². The Morgan fingerprint density at radius 3 is 2.42 bits per heavy atom. The number of aliphatic carboxylic acids is 1. The van der Waals surface area contributed by atoms with Crippen molar-refractivity contribution in [2.75, 3.05) is 0 Å². The summed E-state index contributed by atoms with van der Waals surface area (Å²) in [5, 5.41) is 32.0. The summed E-state index contributed by atoms with van der Waals surface area (Å²) in [6.07, 6.45) is 8.15. The van der Waals surface area contributed by atoms with Gasteiger partial charge in [-0.1, -0.05) is 26.0 Å². The number of carbonyl (C=O) groups is 2. The highest BCUT2D eigenvalue weighted by Gasteiger charge is 2.59. The normalized spacial score (nSPS) is 38.5. The first-order valence-corrected chi connectivity index (χ1v) is 14.0. The number of phenolic OH excluding ortho intramolecular Hbond substituents is 1. The largest absolute Gasteiger partial charge is 0.508 e. The van der Waals surface area contributed by atoms with Crippen LogP contribution in [0.2, 0.25) is 0 Å². The molecule has 1 aliphatic carbocycles. The molecule has 0 amide bonds. The Balaban J connectivity index is 1.60. The van der Waals surface area contributed by atoms with Crippen LogP contribution in [0, 0.1) is 24.2 Å². The summed E-state index contributed by atoms with van der Waals surface area (Å²) in [7, 11) is 0. The van der Waals surface area contributed by atoms with E-state index in [0.717, 1.165) is 23.6 Å². The number of carboxylic acid groups (broad SMARTS) is 1. The maximum atomic E-state index is 12.4. The summed E-state index contributed by atoms with van der Waals surface area (Å²) in [5.74, 6) is -1.30. The number of aryl methyl sites for hydroxylation is 1. The number of fused-ring (bicyclic) bond motifs is 3. The van der Waals surface area contributed by atoms with Gasteiger partial charge in [-0.15, -0.1) is 0 Å². The number of aliphatic hydroxyl groups excluding tert-OH is 1. The van der Waals surface area contributed by atoms with E-state index < -0.39 is 34.8 Å². The lowest BCUT2D eigenvalue weighted by molar-refractivity contribution is -0.178. The monoisotopic (exact) mass is 552 g/mol. The Morgan fingerprint density at radius 1 is 1.05 bits per heavy atom. The minimum atomic E-state index is -1.34. The maximum Gasteiger partial charge on any atom is 0.332 e. The minimum Gasteiger partial charge on any atom is -0.508 e. The molecule has 0 saturated carbocycles. The molecule has 40 heavy (non-hydrogen) atoms. The summed E-state index contributed by atoms with van der Waals surface area (Å²) in [6, 6.07) is 3.35. The van der Waals surface area contributed by atoms with E-state index in [-0.39, 0.29) is 41.6 Å². The molecule has 8 nitrogen and oxygen atoms in total. The number of hydrogen-bond donors (Lipinski definition) is 3. The Hall–Kier alpha value is -3.26. The third-order valence-electron chi connectivity index (χ3n) is 9.68. The maximum absolute atomic E-state index is 12.4. The van der Waals surface area contributed by atoms with Crippen molar-refractivity contribution < 1.29 is 39.1 Å². The highest BCUT2D eigenvalue weighted by Crippen LogP contribution is 2.54. The Morgan fingerprint density at radius 2 is 1.77 bits per heavy atom. The molecule has 1 aromatic carbocycles. The zero-order chi connectivity index (χ0) is 29.3. The molecule has 6 atom stereocenters. The quantitative estimate of drug-likeness (QED) is 0.249. The molecule has 3 aliphatic heterocycles. The molecular formula is C32H40O8. The summed E-state index contributed by atoms with van der Waals surface area (Å²) in [6.45, 7) is 11.9. The summed E-state index contributed by atoms with van der Waals surface area (Å²) in [5.41, 5.74) is -0.875. The van der Waals surface area contributed by atoms with Crippen molar-refractivity contribution in [2.24, 2.45) is 17.3 Å². The topological polar surface area (TPSA) is 123 Å². The van der Waals surface area contributed by atoms with E-state index >= 15 is 0 Å². The zero-order valence-electron chi connectivity index (χ0n) is 24.1. The fourth-order valence-electron chi connectivity index (χ4n) is 7.22. The molecule has 8 heteroatoms. The molecule has 3 N–H and O–H groups in total. The van der Waals surface area contributed by atoms with E-state index in [1.165, 1.54) is 6.08 Å². The lowest BCUT2D eigenvalue weighted by Gasteiger charge is -2.52. The molecule has 216 valence electrons. The zero-order valence-corrected chi connectivity index (χ0v) is 24.1. The van der Waals surface area contributed by atoms with Crippen LogP contribution in [-0.2, 0) is 25.5 Å². The van der Waals surface area contributed by atoms with Gasteiger partial charge in [-0.2, -0.15) is 0 Å². The molecule has 1 fully saturated rings. The van der Waals surface area contributed by atoms with E-state index in [2.05, 4.69) is 26.0 Å². The number of benzene rings is 1. The van der Waals surface area contributed by atoms with E-state index in [1.807, 2.05) is 20.8 Å². The summed E-state index contributed by atoms with van der Waals surface area (Å²) < 4.78 is 18.9. The van der Waals surface area contributed by atoms with Crippen molar-refractivity contribution in [1.82, 2.24) is 0 Å². The van der Waals surface area contributed by atoms with Gasteiger partial charge in [0.1, 0.15) is 22.7 Å². The van der Waals surface area contributed by atoms with Crippen LogP contribution in [0.3, 0.4) is 0 Å². The van der Waals surface area contributed by atoms with Gasteiger partial charge in [0.05, 0.1) is 12.2 Å². The highest BCUT2D eigenvalue weighted by molar-refractivity contribution is 5.88. The molecule has 3 heterocycles. The molecular weight excluding hydrogens is 512 g/mol. The number of ether oxygens (including phenoxy) is 3. The minimum absolute atomic E-state index is 0.0332. The second-order valence-corrected chi connectivity index (χ2v) is 13.2. The molecule has 0 unspecified atom stereocenters. The number of allylic oxidation sites excluding steroid dienone is 1. The predicted octanol–water partition coefficient (Wildman–Crippen LogP) is 5.14. The molecule has 1 aromatic rings. The first-order valence-electron chi connectivity index (χ1n) is 14.0. The molecule has 4 aliphatic rings. The van der Waals surface area contributed by atoms with Crippen molar-refractivity contribution in [3.8, 4) is 11.5 Å². The van der Waals surface area contributed by atoms with Crippen molar-refractivity contribution in [3.63, 3.8) is 0 Å². The van der Waals surface area contributed by atoms with Gasteiger partial charge in [0.25, 0.3) is 0 Å². The fourth-order valence-corrected chi connectivity index (χ4v) is 7.22. The number of hydrogen-bond acceptors (Lipinski definition) is 7. The second kappa shape index (κ2) is 9.40. The Bertz CT molecular complexity index is 1340. The molecule has 1 spiro atoms. The van der Waals surface area contributed by atoms with Crippen LogP contribution in [0.25, 0.3) is 0 Å². The average Bonchev–Trinajstić information content (AvgIpc) is 3.10. The van der Waals surface area contributed by atoms with Crippen LogP contribution in [0.15, 0.2) is 47.8 Å². The van der Waals surface area contributed by atoms with Crippen LogP contribution in [0.1, 0.15) is 71.4 Å². The van der Waals surface area contributed by atoms with Crippen molar-refractivity contribution >= 4 is 11.9 Å². The fraction of sp³-hybridized carbons (Fsp3) is 0.562. The van der Waals surface area contributed by atoms with E-state index in [0.29, 0.717) is 24.2 Å². The van der Waals surface area contributed by atoms with Crippen LogP contribution >= 0.6 is 0 Å². The molecule has 1 saturated heterocycles. The molecule has 0 bridgehead atoms. The van der Waals surface area contributed by atoms with Crippen LogP contribution < -0.4 is 4.74 Å². The van der Waals surface area contributed by atoms with Gasteiger partial charge >= 0.3 is 11.9 Å². The Kier molecular flexibility index (Phi) is 6.64. The molecule has 0 radical (unpaired) electrons. The van der Waals surface area contributed by atoms with Gasteiger partial charge in [0.15, 0.2) is 11.4 Å². The lowest BCUT2D eigenvalue weighted by atomic mass is 9.66. The average molecular weight is 553 g/mol. The highest BCUT2D eigenvalue weighted by atomic mass is 16.6. The Labute approximate surface area is 235 Å². The van der Waals surface area contributed by atoms with Crippen molar-refractivity contribution in [2.45, 2.75) is 96.6 Å².